The molecule has 0 aliphatic carbocycles. The Labute approximate surface area is 340 Å². The van der Waals surface area contributed by atoms with Gasteiger partial charge < -0.3 is 4.90 Å². The second-order valence-corrected chi connectivity index (χ2v) is 18.9. The molecule has 0 amide bonds. The highest BCUT2D eigenvalue weighted by Gasteiger charge is 2.51. The van der Waals surface area contributed by atoms with Gasteiger partial charge in [-0.15, -0.1) is 0 Å². The monoisotopic (exact) mass is 753 g/mol. The topological polar surface area (TPSA) is 3.24 Å². The van der Waals surface area contributed by atoms with Crippen LogP contribution in [0.3, 0.4) is 0 Å². The van der Waals surface area contributed by atoms with Crippen LogP contribution >= 0.6 is 0 Å². The minimum absolute atomic E-state index is 1.12. The summed E-state index contributed by atoms with van der Waals surface area (Å²) >= 11 is 0. The fourth-order valence-electron chi connectivity index (χ4n) is 9.71. The SMILES string of the molecule is c1ccc(-c2cccc3cccc(-c4ccc(N(c5ccccc5)c5cccc6c5[Si](c5ccccc5)(c5ccccc5)c5ccc7ccccc7c5-6)cc4)c23)cc1. The van der Waals surface area contributed by atoms with Crippen molar-refractivity contribution < 1.29 is 0 Å². The van der Waals surface area contributed by atoms with E-state index in [-0.39, 0.29) is 0 Å². The van der Waals surface area contributed by atoms with E-state index in [9.17, 15) is 0 Å². The summed E-state index contributed by atoms with van der Waals surface area (Å²) in [6, 6.07) is 87.6. The van der Waals surface area contributed by atoms with Gasteiger partial charge in [0.1, 0.15) is 0 Å². The van der Waals surface area contributed by atoms with Crippen molar-refractivity contribution in [2.75, 3.05) is 4.90 Å². The average molecular weight is 754 g/mol. The lowest BCUT2D eigenvalue weighted by Crippen LogP contribution is -2.73. The van der Waals surface area contributed by atoms with Crippen molar-refractivity contribution in [3.8, 4) is 33.4 Å². The van der Waals surface area contributed by atoms with Crippen LogP contribution in [0.5, 0.6) is 0 Å². The van der Waals surface area contributed by atoms with Crippen molar-refractivity contribution in [2.24, 2.45) is 0 Å². The Hall–Kier alpha value is -7.26. The maximum Gasteiger partial charge on any atom is 0.183 e. The zero-order chi connectivity index (χ0) is 38.5. The molecule has 0 radical (unpaired) electrons. The van der Waals surface area contributed by atoms with Gasteiger partial charge in [-0.05, 0) is 106 Å². The second kappa shape index (κ2) is 14.0. The van der Waals surface area contributed by atoms with E-state index >= 15 is 0 Å². The average Bonchev–Trinajstić information content (AvgIpc) is 3.62. The summed E-state index contributed by atoms with van der Waals surface area (Å²) in [7, 11) is -2.89. The van der Waals surface area contributed by atoms with Gasteiger partial charge in [-0.3, -0.25) is 0 Å². The molecule has 0 bridgehead atoms. The van der Waals surface area contributed by atoms with E-state index in [2.05, 4.69) is 241 Å². The molecule has 0 aromatic heterocycles. The van der Waals surface area contributed by atoms with Crippen molar-refractivity contribution in [3.05, 3.63) is 237 Å². The van der Waals surface area contributed by atoms with Gasteiger partial charge in [0.05, 0.1) is 0 Å². The van der Waals surface area contributed by atoms with Crippen LogP contribution in [0.2, 0.25) is 0 Å². The molecular weight excluding hydrogens is 715 g/mol. The molecule has 272 valence electrons. The first-order valence-corrected chi connectivity index (χ1v) is 22.1. The molecule has 10 aromatic carbocycles. The molecule has 58 heavy (non-hydrogen) atoms. The summed E-state index contributed by atoms with van der Waals surface area (Å²) < 4.78 is 0. The van der Waals surface area contributed by atoms with Gasteiger partial charge >= 0.3 is 0 Å². The molecule has 1 heterocycles. The largest absolute Gasteiger partial charge is 0.311 e. The first kappa shape index (κ1) is 34.0. The summed E-state index contributed by atoms with van der Waals surface area (Å²) in [6.45, 7) is 0. The third-order valence-corrected chi connectivity index (χ3v) is 17.0. The Balaban J connectivity index is 1.17. The summed E-state index contributed by atoms with van der Waals surface area (Å²) in [5.41, 5.74) is 11.1. The summed E-state index contributed by atoms with van der Waals surface area (Å²) in [5.74, 6) is 0. The number of para-hydroxylation sites is 1. The number of hydrogen-bond donors (Lipinski definition) is 0. The lowest BCUT2D eigenvalue weighted by Gasteiger charge is -2.36. The van der Waals surface area contributed by atoms with Crippen molar-refractivity contribution >= 4 is 67.4 Å². The molecule has 2 heteroatoms. The fraction of sp³-hybridized carbons (Fsp3) is 0. The van der Waals surface area contributed by atoms with Crippen molar-refractivity contribution in [3.63, 3.8) is 0 Å². The highest BCUT2D eigenvalue weighted by molar-refractivity contribution is 7.23. The van der Waals surface area contributed by atoms with Crippen LogP contribution in [0.1, 0.15) is 0 Å². The second-order valence-electron chi connectivity index (χ2n) is 15.2. The van der Waals surface area contributed by atoms with Crippen LogP contribution in [0, 0.1) is 0 Å². The van der Waals surface area contributed by atoms with Gasteiger partial charge in [0.15, 0.2) is 8.07 Å². The Morgan fingerprint density at radius 3 is 1.48 bits per heavy atom. The number of fused-ring (bicyclic) bond motifs is 6. The molecular formula is C56H39NSi. The van der Waals surface area contributed by atoms with E-state index in [1.165, 1.54) is 81.4 Å². The summed E-state index contributed by atoms with van der Waals surface area (Å²) in [5, 5.41) is 10.7. The predicted octanol–water partition coefficient (Wildman–Crippen LogP) is 12.2. The van der Waals surface area contributed by atoms with Crippen LogP contribution in [0.25, 0.3) is 54.9 Å². The van der Waals surface area contributed by atoms with E-state index in [0.29, 0.717) is 0 Å². The highest BCUT2D eigenvalue weighted by atomic mass is 28.3. The molecule has 0 unspecified atom stereocenters. The minimum Gasteiger partial charge on any atom is -0.311 e. The smallest absolute Gasteiger partial charge is 0.183 e. The number of anilines is 3. The van der Waals surface area contributed by atoms with Gasteiger partial charge in [-0.25, -0.2) is 0 Å². The van der Waals surface area contributed by atoms with Gasteiger partial charge in [0.2, 0.25) is 0 Å². The van der Waals surface area contributed by atoms with Gasteiger partial charge in [0, 0.05) is 17.1 Å². The van der Waals surface area contributed by atoms with Crippen molar-refractivity contribution in [1.82, 2.24) is 0 Å². The maximum atomic E-state index is 2.50. The Kier molecular flexibility index (Phi) is 8.23. The Morgan fingerprint density at radius 1 is 0.328 bits per heavy atom. The molecule has 1 aliphatic rings. The maximum absolute atomic E-state index is 2.89. The van der Waals surface area contributed by atoms with Crippen LogP contribution in [-0.2, 0) is 0 Å². The molecule has 0 saturated heterocycles. The van der Waals surface area contributed by atoms with E-state index in [1.54, 1.807) is 0 Å². The van der Waals surface area contributed by atoms with Crippen LogP contribution in [0.4, 0.5) is 17.1 Å². The van der Waals surface area contributed by atoms with Crippen LogP contribution in [0.15, 0.2) is 237 Å². The first-order chi connectivity index (χ1) is 28.8. The fourth-order valence-corrected chi connectivity index (χ4v) is 15.1. The first-order valence-electron chi connectivity index (χ1n) is 20.1. The van der Waals surface area contributed by atoms with E-state index in [4.69, 9.17) is 0 Å². The molecule has 1 nitrogen and oxygen atoms in total. The van der Waals surface area contributed by atoms with Gasteiger partial charge in [-0.1, -0.05) is 206 Å². The normalized spacial score (nSPS) is 12.6. The number of nitrogens with zero attached hydrogens (tertiary/aromatic N) is 1. The zero-order valence-corrected chi connectivity index (χ0v) is 33.0. The van der Waals surface area contributed by atoms with E-state index in [0.717, 1.165) is 11.4 Å². The highest BCUT2D eigenvalue weighted by Crippen LogP contribution is 2.43. The lowest BCUT2D eigenvalue weighted by molar-refractivity contribution is 1.29. The van der Waals surface area contributed by atoms with Crippen molar-refractivity contribution in [2.45, 2.75) is 0 Å². The molecule has 0 fully saturated rings. The number of hydrogen-bond acceptors (Lipinski definition) is 1. The quantitative estimate of drug-likeness (QED) is 0.147. The van der Waals surface area contributed by atoms with Crippen LogP contribution in [-0.4, -0.2) is 8.07 Å². The molecule has 0 spiro atoms. The Morgan fingerprint density at radius 2 is 0.828 bits per heavy atom. The molecule has 10 aromatic rings. The third kappa shape index (κ3) is 5.30. The molecule has 1 aliphatic heterocycles. The van der Waals surface area contributed by atoms with Crippen LogP contribution < -0.4 is 25.6 Å². The molecule has 11 rings (SSSR count). The molecule has 0 N–H and O–H groups in total. The summed E-state index contributed by atoms with van der Waals surface area (Å²) in [4.78, 5) is 2.50. The van der Waals surface area contributed by atoms with E-state index in [1.807, 2.05) is 0 Å². The predicted molar refractivity (Wildman–Crippen MR) is 250 cm³/mol. The Bertz CT molecular complexity index is 3040. The standard InChI is InChI=1S/C56H39NSi/c1-5-18-40(19-6-1)48-30-15-21-43-22-16-31-49(54(43)48)42-34-37-45(38-35-42)57(44-23-7-2-8-24-44)52-33-17-32-51-55-50-29-14-13-20-41(50)36-39-53(55)58(56(51)52,46-25-9-3-10-26-46)47-27-11-4-12-28-47/h1-39H. The summed E-state index contributed by atoms with van der Waals surface area (Å²) in [6.07, 6.45) is 0. The molecule has 0 atom stereocenters. The molecule has 0 saturated carbocycles. The lowest BCUT2D eigenvalue weighted by atomic mass is 9.91. The number of benzene rings is 10. The van der Waals surface area contributed by atoms with Gasteiger partial charge in [-0.2, -0.15) is 0 Å². The van der Waals surface area contributed by atoms with Crippen molar-refractivity contribution in [1.29, 1.82) is 0 Å². The number of rotatable bonds is 7. The van der Waals surface area contributed by atoms with E-state index < -0.39 is 8.07 Å². The van der Waals surface area contributed by atoms with Gasteiger partial charge in [0.25, 0.3) is 0 Å². The minimum atomic E-state index is -2.89. The zero-order valence-electron chi connectivity index (χ0n) is 32.0. The third-order valence-electron chi connectivity index (χ3n) is 12.1.